The molecule has 3 N–H and O–H groups in total. The molecule has 3 nitrogen and oxygen atoms in total. The van der Waals surface area contributed by atoms with E-state index in [4.69, 9.17) is 34.3 Å². The molecule has 0 radical (unpaired) electrons. The first-order chi connectivity index (χ1) is 9.52. The van der Waals surface area contributed by atoms with Crippen LogP contribution in [0.1, 0.15) is 5.56 Å². The second-order valence-electron chi connectivity index (χ2n) is 4.00. The molecular weight excluding hydrogens is 299 g/mol. The quantitative estimate of drug-likeness (QED) is 0.842. The minimum atomic E-state index is -0.381. The Bertz CT molecular complexity index is 664. The zero-order chi connectivity index (χ0) is 14.7. The molecule has 0 aliphatic heterocycles. The van der Waals surface area contributed by atoms with E-state index in [0.717, 1.165) is 0 Å². The third-order valence-electron chi connectivity index (χ3n) is 2.69. The molecule has 0 aromatic heterocycles. The summed E-state index contributed by atoms with van der Waals surface area (Å²) in [6, 6.07) is 9.43. The normalized spacial score (nSPS) is 10.2. The van der Waals surface area contributed by atoms with E-state index in [-0.39, 0.29) is 10.8 Å². The fraction of sp³-hybridized carbons (Fsp3) is 0.0714. The summed E-state index contributed by atoms with van der Waals surface area (Å²) in [5, 5.41) is 3.55. The molecule has 0 spiro atoms. The van der Waals surface area contributed by atoms with Crippen LogP contribution in [0.3, 0.4) is 0 Å². The van der Waals surface area contributed by atoms with E-state index in [1.165, 1.54) is 19.2 Å². The highest BCUT2D eigenvalue weighted by atomic mass is 35.5. The smallest absolute Gasteiger partial charge is 0.145 e. The number of benzene rings is 2. The Morgan fingerprint density at radius 2 is 2.05 bits per heavy atom. The maximum Gasteiger partial charge on any atom is 0.145 e. The summed E-state index contributed by atoms with van der Waals surface area (Å²) in [6.45, 7) is 0. The number of nitrogens with one attached hydrogen (secondary N) is 1. The lowest BCUT2D eigenvalue weighted by Crippen LogP contribution is -2.12. The molecule has 0 bridgehead atoms. The number of rotatable bonds is 4. The maximum absolute atomic E-state index is 13.2. The van der Waals surface area contributed by atoms with Crippen LogP contribution in [-0.4, -0.2) is 12.1 Å². The Hall–Kier alpha value is -1.85. The van der Waals surface area contributed by atoms with Crippen molar-refractivity contribution < 1.29 is 9.13 Å². The van der Waals surface area contributed by atoms with Crippen molar-refractivity contribution in [2.24, 2.45) is 5.73 Å². The fourth-order valence-corrected chi connectivity index (χ4v) is 2.34. The fourth-order valence-electron chi connectivity index (χ4n) is 1.79. The van der Waals surface area contributed by atoms with Gasteiger partial charge in [0, 0.05) is 6.07 Å². The van der Waals surface area contributed by atoms with E-state index in [0.29, 0.717) is 27.7 Å². The van der Waals surface area contributed by atoms with Crippen molar-refractivity contribution >= 4 is 40.2 Å². The first-order valence-corrected chi connectivity index (χ1v) is 6.50. The van der Waals surface area contributed by atoms with Gasteiger partial charge in [-0.2, -0.15) is 0 Å². The van der Waals surface area contributed by atoms with E-state index in [1.807, 2.05) is 0 Å². The van der Waals surface area contributed by atoms with Crippen LogP contribution in [0.5, 0.6) is 5.75 Å². The molecule has 0 aliphatic rings. The van der Waals surface area contributed by atoms with Crippen molar-refractivity contribution in [1.82, 2.24) is 0 Å². The molecule has 0 saturated carbocycles. The molecule has 2 aromatic rings. The van der Waals surface area contributed by atoms with E-state index in [9.17, 15) is 4.39 Å². The Labute approximate surface area is 126 Å². The standard InChI is InChI=1S/C14H12ClFN2OS/c1-19-12-7-8(16)5-6-10(12)18-11-4-2-3-9(15)13(11)14(17)20/h2-7,18H,1H3,(H2,17,20). The minimum Gasteiger partial charge on any atom is -0.494 e. The molecule has 104 valence electrons. The maximum atomic E-state index is 13.2. The van der Waals surface area contributed by atoms with Gasteiger partial charge < -0.3 is 15.8 Å². The first kappa shape index (κ1) is 14.6. The third-order valence-corrected chi connectivity index (χ3v) is 3.21. The first-order valence-electron chi connectivity index (χ1n) is 5.72. The molecule has 0 saturated heterocycles. The van der Waals surface area contributed by atoms with Crippen molar-refractivity contribution in [2.75, 3.05) is 12.4 Å². The Morgan fingerprint density at radius 1 is 1.30 bits per heavy atom. The Morgan fingerprint density at radius 3 is 2.70 bits per heavy atom. The summed E-state index contributed by atoms with van der Waals surface area (Å²) < 4.78 is 18.3. The number of anilines is 2. The number of thiocarbonyl (C=S) groups is 1. The summed E-state index contributed by atoms with van der Waals surface area (Å²) in [5.74, 6) is -0.00747. The summed E-state index contributed by atoms with van der Waals surface area (Å²) in [7, 11) is 1.46. The van der Waals surface area contributed by atoms with Gasteiger partial charge in [0.1, 0.15) is 16.6 Å². The van der Waals surface area contributed by atoms with Crippen LogP contribution in [0.2, 0.25) is 5.02 Å². The summed E-state index contributed by atoms with van der Waals surface area (Å²) >= 11 is 11.1. The number of halogens is 2. The number of nitrogens with two attached hydrogens (primary N) is 1. The molecule has 0 aliphatic carbocycles. The van der Waals surface area contributed by atoms with E-state index in [1.54, 1.807) is 24.3 Å². The average Bonchev–Trinajstić information content (AvgIpc) is 2.40. The van der Waals surface area contributed by atoms with Gasteiger partial charge in [-0.05, 0) is 24.3 Å². The number of hydrogen-bond donors (Lipinski definition) is 2. The molecule has 0 unspecified atom stereocenters. The van der Waals surface area contributed by atoms with Crippen LogP contribution in [-0.2, 0) is 0 Å². The Balaban J connectivity index is 2.45. The molecule has 2 aromatic carbocycles. The van der Waals surface area contributed by atoms with Gasteiger partial charge in [-0.15, -0.1) is 0 Å². The van der Waals surface area contributed by atoms with Crippen molar-refractivity contribution in [3.05, 3.63) is 52.8 Å². The van der Waals surface area contributed by atoms with Gasteiger partial charge in [0.2, 0.25) is 0 Å². The van der Waals surface area contributed by atoms with Gasteiger partial charge in [0.15, 0.2) is 0 Å². The molecule has 0 atom stereocenters. The van der Waals surface area contributed by atoms with Gasteiger partial charge in [0.05, 0.1) is 29.1 Å². The molecule has 0 heterocycles. The highest BCUT2D eigenvalue weighted by molar-refractivity contribution is 7.80. The van der Waals surface area contributed by atoms with Crippen molar-refractivity contribution in [2.45, 2.75) is 0 Å². The minimum absolute atomic E-state index is 0.180. The van der Waals surface area contributed by atoms with Crippen molar-refractivity contribution in [1.29, 1.82) is 0 Å². The number of ether oxygens (including phenoxy) is 1. The molecule has 0 fully saturated rings. The monoisotopic (exact) mass is 310 g/mol. The van der Waals surface area contributed by atoms with Gasteiger partial charge in [-0.3, -0.25) is 0 Å². The van der Waals surface area contributed by atoms with E-state index >= 15 is 0 Å². The SMILES string of the molecule is COc1cc(F)ccc1Nc1cccc(Cl)c1C(N)=S. The number of methoxy groups -OCH3 is 1. The Kier molecular flexibility index (Phi) is 4.42. The molecule has 0 amide bonds. The molecular formula is C14H12ClFN2OS. The highest BCUT2D eigenvalue weighted by Gasteiger charge is 2.12. The second-order valence-corrected chi connectivity index (χ2v) is 4.84. The van der Waals surface area contributed by atoms with Gasteiger partial charge in [-0.25, -0.2) is 4.39 Å². The highest BCUT2D eigenvalue weighted by Crippen LogP contribution is 2.32. The average molecular weight is 311 g/mol. The van der Waals surface area contributed by atoms with Crippen LogP contribution >= 0.6 is 23.8 Å². The second kappa shape index (κ2) is 6.07. The molecule has 6 heteroatoms. The molecule has 20 heavy (non-hydrogen) atoms. The van der Waals surface area contributed by atoms with Crippen LogP contribution in [0.15, 0.2) is 36.4 Å². The van der Waals surface area contributed by atoms with Crippen LogP contribution in [0.4, 0.5) is 15.8 Å². The summed E-state index contributed by atoms with van der Waals surface area (Å²) in [5.41, 5.74) is 7.44. The lowest BCUT2D eigenvalue weighted by molar-refractivity contribution is 0.413. The van der Waals surface area contributed by atoms with Crippen LogP contribution in [0.25, 0.3) is 0 Å². The van der Waals surface area contributed by atoms with Gasteiger partial charge in [0.25, 0.3) is 0 Å². The predicted octanol–water partition coefficient (Wildman–Crippen LogP) is 3.87. The van der Waals surface area contributed by atoms with Crippen LogP contribution < -0.4 is 15.8 Å². The largest absolute Gasteiger partial charge is 0.494 e. The van der Waals surface area contributed by atoms with E-state index in [2.05, 4.69) is 5.32 Å². The third kappa shape index (κ3) is 3.00. The lowest BCUT2D eigenvalue weighted by atomic mass is 10.1. The lowest BCUT2D eigenvalue weighted by Gasteiger charge is -2.15. The van der Waals surface area contributed by atoms with Crippen molar-refractivity contribution in [3.63, 3.8) is 0 Å². The molecule has 2 rings (SSSR count). The zero-order valence-electron chi connectivity index (χ0n) is 10.6. The van der Waals surface area contributed by atoms with E-state index < -0.39 is 0 Å². The van der Waals surface area contributed by atoms with Gasteiger partial charge >= 0.3 is 0 Å². The number of hydrogen-bond acceptors (Lipinski definition) is 3. The van der Waals surface area contributed by atoms with Gasteiger partial charge in [-0.1, -0.05) is 29.9 Å². The summed E-state index contributed by atoms with van der Waals surface area (Å²) in [6.07, 6.45) is 0. The zero-order valence-corrected chi connectivity index (χ0v) is 12.2. The van der Waals surface area contributed by atoms with Crippen LogP contribution in [0, 0.1) is 5.82 Å². The van der Waals surface area contributed by atoms with Crippen molar-refractivity contribution in [3.8, 4) is 5.75 Å². The predicted molar refractivity (Wildman–Crippen MR) is 83.6 cm³/mol. The topological polar surface area (TPSA) is 47.3 Å². The summed E-state index contributed by atoms with van der Waals surface area (Å²) in [4.78, 5) is 0.180.